The normalized spacial score (nSPS) is 11.5. The number of carbonyl (C=O) groups excluding carboxylic acids is 1. The van der Waals surface area contributed by atoms with Crippen LogP contribution in [0.3, 0.4) is 0 Å². The molecule has 3 aromatic rings. The Morgan fingerprint density at radius 3 is 2.38 bits per heavy atom. The molecule has 26 heavy (non-hydrogen) atoms. The molecule has 2 N–H and O–H groups in total. The number of hydrogen-bond donors (Lipinski definition) is 2. The van der Waals surface area contributed by atoms with Gasteiger partial charge in [0.15, 0.2) is 11.5 Å². The highest BCUT2D eigenvalue weighted by Crippen LogP contribution is 2.25. The molecule has 0 aliphatic rings. The van der Waals surface area contributed by atoms with E-state index < -0.39 is 0 Å². The molecular weight excluding hydrogens is 328 g/mol. The number of nitrogens with one attached hydrogen (secondary N) is 2. The summed E-state index contributed by atoms with van der Waals surface area (Å²) in [6.07, 6.45) is 0. The Morgan fingerprint density at radius 1 is 0.962 bits per heavy atom. The predicted octanol–water partition coefficient (Wildman–Crippen LogP) is 3.72. The van der Waals surface area contributed by atoms with Gasteiger partial charge in [-0.25, -0.2) is 0 Å². The Labute approximate surface area is 152 Å². The first-order valence-electron chi connectivity index (χ1n) is 8.27. The fourth-order valence-corrected chi connectivity index (χ4v) is 2.50. The lowest BCUT2D eigenvalue weighted by atomic mass is 10.1. The average Bonchev–Trinajstić information content (AvgIpc) is 2.69. The third-order valence-electron chi connectivity index (χ3n) is 3.91. The van der Waals surface area contributed by atoms with Crippen molar-refractivity contribution < 1.29 is 9.53 Å². The van der Waals surface area contributed by atoms with Crippen molar-refractivity contribution in [3.63, 3.8) is 0 Å². The first-order chi connectivity index (χ1) is 12.7. The molecule has 6 heteroatoms. The molecule has 0 radical (unpaired) electrons. The molecule has 1 unspecified atom stereocenters. The first-order valence-corrected chi connectivity index (χ1v) is 8.27. The maximum absolute atomic E-state index is 12.3. The van der Waals surface area contributed by atoms with Gasteiger partial charge >= 0.3 is 0 Å². The van der Waals surface area contributed by atoms with E-state index >= 15 is 0 Å². The fraction of sp³-hybridized carbons (Fsp3) is 0.150. The van der Waals surface area contributed by atoms with Crippen LogP contribution in [0.15, 0.2) is 66.7 Å². The minimum Gasteiger partial charge on any atom is -0.495 e. The van der Waals surface area contributed by atoms with Crippen molar-refractivity contribution in [3.8, 4) is 5.75 Å². The van der Waals surface area contributed by atoms with E-state index in [-0.39, 0.29) is 17.6 Å². The van der Waals surface area contributed by atoms with E-state index in [0.29, 0.717) is 11.6 Å². The maximum atomic E-state index is 12.3. The minimum atomic E-state index is -0.266. The maximum Gasteiger partial charge on any atom is 0.272 e. The van der Waals surface area contributed by atoms with Gasteiger partial charge in [0.1, 0.15) is 5.75 Å². The van der Waals surface area contributed by atoms with Gasteiger partial charge in [-0.1, -0.05) is 42.5 Å². The van der Waals surface area contributed by atoms with Gasteiger partial charge in [0.25, 0.3) is 5.91 Å². The summed E-state index contributed by atoms with van der Waals surface area (Å²) in [6, 6.07) is 20.5. The van der Waals surface area contributed by atoms with Crippen LogP contribution in [0.1, 0.15) is 29.0 Å². The van der Waals surface area contributed by atoms with Gasteiger partial charge in [0.05, 0.1) is 18.8 Å². The Morgan fingerprint density at radius 2 is 1.69 bits per heavy atom. The molecule has 0 saturated carbocycles. The number of rotatable bonds is 6. The molecule has 1 atom stereocenters. The van der Waals surface area contributed by atoms with Crippen molar-refractivity contribution >= 4 is 17.4 Å². The molecule has 1 amide bonds. The summed E-state index contributed by atoms with van der Waals surface area (Å²) in [6.45, 7) is 1.93. The molecule has 0 bridgehead atoms. The summed E-state index contributed by atoms with van der Waals surface area (Å²) < 4.78 is 5.29. The van der Waals surface area contributed by atoms with Gasteiger partial charge < -0.3 is 15.4 Å². The fourth-order valence-electron chi connectivity index (χ4n) is 2.50. The van der Waals surface area contributed by atoms with E-state index in [2.05, 4.69) is 20.8 Å². The summed E-state index contributed by atoms with van der Waals surface area (Å²) >= 11 is 0. The second-order valence-corrected chi connectivity index (χ2v) is 5.73. The lowest BCUT2D eigenvalue weighted by molar-refractivity contribution is 0.0934. The SMILES string of the molecule is COc1ccccc1Nc1ccc(C(=O)NC(C)c2ccccc2)nn1. The molecule has 2 aromatic carbocycles. The van der Waals surface area contributed by atoms with Crippen molar-refractivity contribution in [2.75, 3.05) is 12.4 Å². The topological polar surface area (TPSA) is 76.1 Å². The van der Waals surface area contributed by atoms with Crippen LogP contribution in [-0.4, -0.2) is 23.2 Å². The molecule has 0 spiro atoms. The quantitative estimate of drug-likeness (QED) is 0.710. The number of nitrogens with zero attached hydrogens (tertiary/aromatic N) is 2. The van der Waals surface area contributed by atoms with Crippen LogP contribution in [0.2, 0.25) is 0 Å². The molecular formula is C20H20N4O2. The van der Waals surface area contributed by atoms with Crippen molar-refractivity contribution in [2.45, 2.75) is 13.0 Å². The third kappa shape index (κ3) is 4.16. The molecule has 1 aromatic heterocycles. The summed E-state index contributed by atoms with van der Waals surface area (Å²) in [5, 5.41) is 14.1. The number of benzene rings is 2. The molecule has 0 fully saturated rings. The molecule has 0 saturated heterocycles. The van der Waals surface area contributed by atoms with Crippen LogP contribution in [0.25, 0.3) is 0 Å². The zero-order chi connectivity index (χ0) is 18.4. The van der Waals surface area contributed by atoms with E-state index in [1.165, 1.54) is 0 Å². The van der Waals surface area contributed by atoms with Gasteiger partial charge in [0, 0.05) is 0 Å². The van der Waals surface area contributed by atoms with Crippen molar-refractivity contribution in [1.29, 1.82) is 0 Å². The summed E-state index contributed by atoms with van der Waals surface area (Å²) in [5.74, 6) is 0.965. The Bertz CT molecular complexity index is 866. The van der Waals surface area contributed by atoms with Crippen LogP contribution in [-0.2, 0) is 0 Å². The van der Waals surface area contributed by atoms with Crippen LogP contribution in [0.4, 0.5) is 11.5 Å². The highest BCUT2D eigenvalue weighted by atomic mass is 16.5. The monoisotopic (exact) mass is 348 g/mol. The molecule has 1 heterocycles. The third-order valence-corrected chi connectivity index (χ3v) is 3.91. The summed E-state index contributed by atoms with van der Waals surface area (Å²) in [4.78, 5) is 12.3. The number of anilines is 2. The van der Waals surface area contributed by atoms with Gasteiger partial charge in [-0.15, -0.1) is 10.2 Å². The van der Waals surface area contributed by atoms with Crippen LogP contribution in [0.5, 0.6) is 5.75 Å². The second-order valence-electron chi connectivity index (χ2n) is 5.73. The number of para-hydroxylation sites is 2. The number of methoxy groups -OCH3 is 1. The number of aromatic nitrogens is 2. The molecule has 0 aliphatic carbocycles. The lowest BCUT2D eigenvalue weighted by Crippen LogP contribution is -2.27. The number of amides is 1. The Hall–Kier alpha value is -3.41. The number of ether oxygens (including phenoxy) is 1. The standard InChI is InChI=1S/C20H20N4O2/c1-14(15-8-4-3-5-9-15)21-20(25)17-12-13-19(24-23-17)22-16-10-6-7-11-18(16)26-2/h3-14H,1-2H3,(H,21,25)(H,22,24). The number of hydrogen-bond acceptors (Lipinski definition) is 5. The smallest absolute Gasteiger partial charge is 0.272 e. The summed E-state index contributed by atoms with van der Waals surface area (Å²) in [5.41, 5.74) is 2.07. The zero-order valence-corrected chi connectivity index (χ0v) is 14.6. The molecule has 3 rings (SSSR count). The van der Waals surface area contributed by atoms with Crippen LogP contribution >= 0.6 is 0 Å². The van der Waals surface area contributed by atoms with E-state index in [4.69, 9.17) is 4.74 Å². The van der Waals surface area contributed by atoms with Crippen LogP contribution in [0, 0.1) is 0 Å². The van der Waals surface area contributed by atoms with E-state index in [0.717, 1.165) is 11.3 Å². The molecule has 132 valence electrons. The average molecular weight is 348 g/mol. The molecule has 6 nitrogen and oxygen atoms in total. The molecule has 0 aliphatic heterocycles. The largest absolute Gasteiger partial charge is 0.495 e. The first kappa shape index (κ1) is 17.4. The summed E-state index contributed by atoms with van der Waals surface area (Å²) in [7, 11) is 1.60. The highest BCUT2D eigenvalue weighted by Gasteiger charge is 2.13. The van der Waals surface area contributed by atoms with E-state index in [9.17, 15) is 4.79 Å². The Kier molecular flexibility index (Phi) is 5.43. The van der Waals surface area contributed by atoms with Crippen molar-refractivity contribution in [1.82, 2.24) is 15.5 Å². The van der Waals surface area contributed by atoms with Gasteiger partial charge in [0.2, 0.25) is 0 Å². The van der Waals surface area contributed by atoms with Crippen molar-refractivity contribution in [2.24, 2.45) is 0 Å². The van der Waals surface area contributed by atoms with Gasteiger partial charge in [-0.3, -0.25) is 4.79 Å². The lowest BCUT2D eigenvalue weighted by Gasteiger charge is -2.14. The second kappa shape index (κ2) is 8.11. The van der Waals surface area contributed by atoms with E-state index in [1.54, 1.807) is 19.2 Å². The van der Waals surface area contributed by atoms with E-state index in [1.807, 2.05) is 61.5 Å². The zero-order valence-electron chi connectivity index (χ0n) is 14.6. The van der Waals surface area contributed by atoms with Gasteiger partial charge in [-0.2, -0.15) is 0 Å². The number of carbonyl (C=O) groups is 1. The predicted molar refractivity (Wildman–Crippen MR) is 101 cm³/mol. The minimum absolute atomic E-state index is 0.114. The van der Waals surface area contributed by atoms with Gasteiger partial charge in [-0.05, 0) is 36.8 Å². The highest BCUT2D eigenvalue weighted by molar-refractivity contribution is 5.92. The van der Waals surface area contributed by atoms with Crippen molar-refractivity contribution in [3.05, 3.63) is 78.0 Å². The van der Waals surface area contributed by atoms with Crippen LogP contribution < -0.4 is 15.4 Å². The Balaban J connectivity index is 1.66.